The first-order valence-electron chi connectivity index (χ1n) is 10.8. The summed E-state index contributed by atoms with van der Waals surface area (Å²) in [6, 6.07) is 24.6. The molecule has 0 aromatic heterocycles. The predicted molar refractivity (Wildman–Crippen MR) is 130 cm³/mol. The van der Waals surface area contributed by atoms with Crippen molar-refractivity contribution in [3.05, 3.63) is 90.0 Å². The number of benzene rings is 3. The molecule has 4 rings (SSSR count). The lowest BCUT2D eigenvalue weighted by Crippen LogP contribution is -2.48. The molecule has 1 heterocycles. The number of sulfonamides is 1. The number of piperazine rings is 1. The molecule has 33 heavy (non-hydrogen) atoms. The lowest BCUT2D eigenvalue weighted by molar-refractivity contribution is 0.102. The number of nitrogens with zero attached hydrogens (tertiary/aromatic N) is 2. The first-order chi connectivity index (χ1) is 15.9. The van der Waals surface area contributed by atoms with Gasteiger partial charge in [-0.1, -0.05) is 36.4 Å². The average molecular weight is 466 g/mol. The molecule has 1 aliphatic heterocycles. The summed E-state index contributed by atoms with van der Waals surface area (Å²) in [5.41, 5.74) is 3.26. The Morgan fingerprint density at radius 3 is 2.27 bits per heavy atom. The van der Waals surface area contributed by atoms with Gasteiger partial charge < -0.3 is 15.0 Å². The molecule has 1 fully saturated rings. The second kappa shape index (κ2) is 10.1. The third kappa shape index (κ3) is 6.12. The molecule has 3 aromatic rings. The minimum Gasteiger partial charge on any atom is -0.489 e. The number of anilines is 2. The molecule has 0 spiro atoms. The van der Waals surface area contributed by atoms with Crippen LogP contribution in [0, 0.1) is 0 Å². The molecule has 3 aromatic carbocycles. The molecule has 0 bridgehead atoms. The van der Waals surface area contributed by atoms with Crippen molar-refractivity contribution in [1.29, 1.82) is 0 Å². The molecule has 8 heteroatoms. The maximum absolute atomic E-state index is 12.7. The van der Waals surface area contributed by atoms with Crippen LogP contribution in [0.4, 0.5) is 11.4 Å². The van der Waals surface area contributed by atoms with Crippen LogP contribution < -0.4 is 15.0 Å². The Kier molecular flexibility index (Phi) is 6.96. The van der Waals surface area contributed by atoms with Gasteiger partial charge in [-0.25, -0.2) is 8.42 Å². The molecular formula is C25H27N3O4S. The topological polar surface area (TPSA) is 79.0 Å². The van der Waals surface area contributed by atoms with Crippen LogP contribution in [0.15, 0.2) is 78.9 Å². The Balaban J connectivity index is 1.33. The number of amides is 1. The van der Waals surface area contributed by atoms with Gasteiger partial charge in [-0.3, -0.25) is 4.79 Å². The number of hydrogen-bond donors (Lipinski definition) is 1. The van der Waals surface area contributed by atoms with E-state index in [-0.39, 0.29) is 5.91 Å². The van der Waals surface area contributed by atoms with E-state index < -0.39 is 10.0 Å². The average Bonchev–Trinajstić information content (AvgIpc) is 2.84. The zero-order valence-corrected chi connectivity index (χ0v) is 19.3. The molecule has 1 N–H and O–H groups in total. The lowest BCUT2D eigenvalue weighted by Gasteiger charge is -2.34. The highest BCUT2D eigenvalue weighted by molar-refractivity contribution is 7.88. The largest absolute Gasteiger partial charge is 0.489 e. The second-order valence-corrected chi connectivity index (χ2v) is 9.93. The highest BCUT2D eigenvalue weighted by atomic mass is 32.2. The van der Waals surface area contributed by atoms with Crippen LogP contribution in [0.5, 0.6) is 5.75 Å². The van der Waals surface area contributed by atoms with Gasteiger partial charge in [0, 0.05) is 43.1 Å². The van der Waals surface area contributed by atoms with Gasteiger partial charge in [-0.05, 0) is 48.0 Å². The van der Waals surface area contributed by atoms with Gasteiger partial charge >= 0.3 is 0 Å². The minimum atomic E-state index is -3.15. The first kappa shape index (κ1) is 22.8. The Morgan fingerprint density at radius 2 is 1.61 bits per heavy atom. The summed E-state index contributed by atoms with van der Waals surface area (Å²) in [6.45, 7) is 2.65. The van der Waals surface area contributed by atoms with Crippen molar-refractivity contribution in [3.63, 3.8) is 0 Å². The number of hydrogen-bond acceptors (Lipinski definition) is 5. The number of nitrogens with one attached hydrogen (secondary N) is 1. The Morgan fingerprint density at radius 1 is 0.909 bits per heavy atom. The highest BCUT2D eigenvalue weighted by Gasteiger charge is 2.23. The quantitative estimate of drug-likeness (QED) is 0.577. The van der Waals surface area contributed by atoms with E-state index in [1.807, 2.05) is 60.7 Å². The van der Waals surface area contributed by atoms with Crippen LogP contribution >= 0.6 is 0 Å². The van der Waals surface area contributed by atoms with E-state index in [4.69, 9.17) is 4.74 Å². The van der Waals surface area contributed by atoms with Crippen LogP contribution in [0.1, 0.15) is 15.9 Å². The molecule has 7 nitrogen and oxygen atoms in total. The van der Waals surface area contributed by atoms with E-state index in [9.17, 15) is 13.2 Å². The van der Waals surface area contributed by atoms with E-state index in [1.54, 1.807) is 18.2 Å². The molecule has 1 saturated heterocycles. The second-order valence-electron chi connectivity index (χ2n) is 7.95. The molecule has 0 atom stereocenters. The van der Waals surface area contributed by atoms with Gasteiger partial charge in [-0.2, -0.15) is 4.31 Å². The normalized spacial score (nSPS) is 14.6. The molecule has 0 saturated carbocycles. The van der Waals surface area contributed by atoms with Gasteiger partial charge in [0.1, 0.15) is 12.4 Å². The molecule has 0 unspecified atom stereocenters. The van der Waals surface area contributed by atoms with Crippen LogP contribution in [0.25, 0.3) is 0 Å². The fourth-order valence-corrected chi connectivity index (χ4v) is 4.53. The van der Waals surface area contributed by atoms with E-state index in [1.165, 1.54) is 10.6 Å². The third-order valence-electron chi connectivity index (χ3n) is 5.54. The maximum atomic E-state index is 12.7. The lowest BCUT2D eigenvalue weighted by atomic mass is 10.2. The van der Waals surface area contributed by atoms with Gasteiger partial charge in [0.15, 0.2) is 0 Å². The summed E-state index contributed by atoms with van der Waals surface area (Å²) in [6.07, 6.45) is 1.24. The molecule has 1 aliphatic rings. The van der Waals surface area contributed by atoms with Crippen molar-refractivity contribution in [2.45, 2.75) is 6.61 Å². The SMILES string of the molecule is CS(=O)(=O)N1CCN(c2ccc(NC(=O)c3cccc(OCc4ccccc4)c3)cc2)CC1. The van der Waals surface area contributed by atoms with Crippen molar-refractivity contribution < 1.29 is 17.9 Å². The summed E-state index contributed by atoms with van der Waals surface area (Å²) in [7, 11) is -3.15. The standard InChI is InChI=1S/C25H27N3O4S/c1-33(30,31)28-16-14-27(15-17-28)23-12-10-22(11-13-23)26-25(29)21-8-5-9-24(18-21)32-19-20-6-3-2-4-7-20/h2-13,18H,14-17,19H2,1H3,(H,26,29). The summed E-state index contributed by atoms with van der Waals surface area (Å²) in [4.78, 5) is 14.9. The van der Waals surface area contributed by atoms with E-state index in [2.05, 4.69) is 10.2 Å². The number of ether oxygens (including phenoxy) is 1. The van der Waals surface area contributed by atoms with Gasteiger partial charge in [0.2, 0.25) is 10.0 Å². The Bertz CT molecular complexity index is 1190. The highest BCUT2D eigenvalue weighted by Crippen LogP contribution is 2.21. The van der Waals surface area contributed by atoms with Crippen LogP contribution in [-0.4, -0.2) is 51.1 Å². The van der Waals surface area contributed by atoms with Crippen LogP contribution in [0.2, 0.25) is 0 Å². The Hall–Kier alpha value is -3.36. The van der Waals surface area contributed by atoms with Crippen molar-refractivity contribution >= 4 is 27.3 Å². The fourth-order valence-electron chi connectivity index (χ4n) is 3.70. The zero-order chi connectivity index (χ0) is 23.3. The number of rotatable bonds is 7. The monoisotopic (exact) mass is 465 g/mol. The predicted octanol–water partition coefficient (Wildman–Crippen LogP) is 3.60. The van der Waals surface area contributed by atoms with Crippen LogP contribution in [-0.2, 0) is 16.6 Å². The summed E-state index contributed by atoms with van der Waals surface area (Å²) >= 11 is 0. The van der Waals surface area contributed by atoms with E-state index in [0.29, 0.717) is 49.8 Å². The fraction of sp³-hybridized carbons (Fsp3) is 0.240. The zero-order valence-electron chi connectivity index (χ0n) is 18.5. The van der Waals surface area contributed by atoms with Gasteiger partial charge in [0.05, 0.1) is 6.26 Å². The molecule has 1 amide bonds. The van der Waals surface area contributed by atoms with Crippen molar-refractivity contribution in [1.82, 2.24) is 4.31 Å². The van der Waals surface area contributed by atoms with Gasteiger partial charge in [-0.15, -0.1) is 0 Å². The van der Waals surface area contributed by atoms with E-state index >= 15 is 0 Å². The smallest absolute Gasteiger partial charge is 0.255 e. The summed E-state index contributed by atoms with van der Waals surface area (Å²) < 4.78 is 30.7. The minimum absolute atomic E-state index is 0.213. The molecule has 0 aliphatic carbocycles. The third-order valence-corrected chi connectivity index (χ3v) is 6.85. The molecule has 172 valence electrons. The number of carbonyl (C=O) groups is 1. The molecular weight excluding hydrogens is 438 g/mol. The van der Waals surface area contributed by atoms with E-state index in [0.717, 1.165) is 11.3 Å². The number of carbonyl (C=O) groups excluding carboxylic acids is 1. The van der Waals surface area contributed by atoms with Crippen molar-refractivity contribution in [2.75, 3.05) is 42.7 Å². The maximum Gasteiger partial charge on any atom is 0.255 e. The first-order valence-corrected chi connectivity index (χ1v) is 12.6. The molecule has 0 radical (unpaired) electrons. The van der Waals surface area contributed by atoms with Gasteiger partial charge in [0.25, 0.3) is 5.91 Å². The van der Waals surface area contributed by atoms with Crippen LogP contribution in [0.3, 0.4) is 0 Å². The van der Waals surface area contributed by atoms with Crippen molar-refractivity contribution in [2.24, 2.45) is 0 Å². The Labute approximate surface area is 194 Å². The summed E-state index contributed by atoms with van der Waals surface area (Å²) in [5, 5.41) is 2.92. The van der Waals surface area contributed by atoms with Crippen molar-refractivity contribution in [3.8, 4) is 5.75 Å². The summed E-state index contributed by atoms with van der Waals surface area (Å²) in [5.74, 6) is 0.421.